The van der Waals surface area contributed by atoms with Crippen LogP contribution in [0.1, 0.15) is 29.0 Å². The van der Waals surface area contributed by atoms with Crippen molar-refractivity contribution in [2.24, 2.45) is 0 Å². The number of fused-ring (bicyclic) bond motifs is 1. The number of pyridine rings is 1. The van der Waals surface area contributed by atoms with E-state index >= 15 is 0 Å². The summed E-state index contributed by atoms with van der Waals surface area (Å²) in [5.74, 6) is 1.74. The molecule has 0 aliphatic carbocycles. The third-order valence-corrected chi connectivity index (χ3v) is 4.74. The molecule has 3 heteroatoms. The first-order chi connectivity index (χ1) is 13.8. The standard InChI is InChI=1S/C25H23NO2/c1-19-22(16-15-20-9-3-2-4-10-20)28-24-14-7-13-23(25(19)24)27-18-8-12-21-11-5-6-17-26-21/h2-7,9-11,13-17H,8,12,18H2,1H3. The van der Waals surface area contributed by atoms with Crippen LogP contribution in [-0.4, -0.2) is 11.6 Å². The van der Waals surface area contributed by atoms with Gasteiger partial charge in [0, 0.05) is 17.5 Å². The van der Waals surface area contributed by atoms with Crippen LogP contribution >= 0.6 is 0 Å². The molecule has 0 fully saturated rings. The molecule has 2 aromatic carbocycles. The van der Waals surface area contributed by atoms with E-state index in [9.17, 15) is 0 Å². The summed E-state index contributed by atoms with van der Waals surface area (Å²) in [6, 6.07) is 22.2. The lowest BCUT2D eigenvalue weighted by atomic mass is 10.1. The van der Waals surface area contributed by atoms with Crippen LogP contribution in [0.2, 0.25) is 0 Å². The van der Waals surface area contributed by atoms with Crippen molar-refractivity contribution >= 4 is 23.1 Å². The van der Waals surface area contributed by atoms with Gasteiger partial charge in [0.05, 0.1) is 12.0 Å². The molecule has 0 saturated carbocycles. The Morgan fingerprint density at radius 3 is 2.61 bits per heavy atom. The van der Waals surface area contributed by atoms with Crippen molar-refractivity contribution in [3.63, 3.8) is 0 Å². The number of aromatic nitrogens is 1. The molecule has 2 aromatic heterocycles. The summed E-state index contributed by atoms with van der Waals surface area (Å²) >= 11 is 0. The molecule has 0 bridgehead atoms. The number of furan rings is 1. The second-order valence-electron chi connectivity index (χ2n) is 6.74. The van der Waals surface area contributed by atoms with Crippen LogP contribution in [0.25, 0.3) is 23.1 Å². The number of aryl methyl sites for hydroxylation is 2. The Labute approximate surface area is 165 Å². The minimum atomic E-state index is 0.648. The minimum absolute atomic E-state index is 0.648. The monoisotopic (exact) mass is 369 g/mol. The van der Waals surface area contributed by atoms with E-state index in [1.54, 1.807) is 0 Å². The van der Waals surface area contributed by atoms with Gasteiger partial charge in [-0.25, -0.2) is 0 Å². The van der Waals surface area contributed by atoms with Crippen molar-refractivity contribution in [1.29, 1.82) is 0 Å². The molecule has 0 unspecified atom stereocenters. The van der Waals surface area contributed by atoms with Crippen molar-refractivity contribution in [2.45, 2.75) is 19.8 Å². The number of rotatable bonds is 7. The fourth-order valence-corrected chi connectivity index (χ4v) is 3.28. The predicted octanol–water partition coefficient (Wildman–Crippen LogP) is 6.32. The average Bonchev–Trinajstić information content (AvgIpc) is 3.07. The molecule has 4 rings (SSSR count). The maximum absolute atomic E-state index is 6.09. The Bertz CT molecular complexity index is 1070. The van der Waals surface area contributed by atoms with Gasteiger partial charge in [0.1, 0.15) is 17.1 Å². The van der Waals surface area contributed by atoms with Crippen molar-refractivity contribution < 1.29 is 9.15 Å². The summed E-state index contributed by atoms with van der Waals surface area (Å²) in [4.78, 5) is 4.36. The number of hydrogen-bond donors (Lipinski definition) is 0. The maximum atomic E-state index is 6.09. The van der Waals surface area contributed by atoms with Crippen LogP contribution in [0.5, 0.6) is 5.75 Å². The zero-order valence-corrected chi connectivity index (χ0v) is 16.0. The zero-order valence-electron chi connectivity index (χ0n) is 16.0. The molecule has 0 radical (unpaired) electrons. The highest BCUT2D eigenvalue weighted by Gasteiger charge is 2.13. The number of hydrogen-bond acceptors (Lipinski definition) is 3. The van der Waals surface area contributed by atoms with Gasteiger partial charge >= 0.3 is 0 Å². The summed E-state index contributed by atoms with van der Waals surface area (Å²) in [6.45, 7) is 2.73. The maximum Gasteiger partial charge on any atom is 0.138 e. The second kappa shape index (κ2) is 8.57. The molecule has 4 aromatic rings. The van der Waals surface area contributed by atoms with Gasteiger partial charge < -0.3 is 9.15 Å². The number of benzene rings is 2. The molecule has 0 N–H and O–H groups in total. The van der Waals surface area contributed by atoms with E-state index in [2.05, 4.69) is 30.1 Å². The average molecular weight is 369 g/mol. The van der Waals surface area contributed by atoms with E-state index in [1.165, 1.54) is 0 Å². The molecule has 0 amide bonds. The fraction of sp³-hybridized carbons (Fsp3) is 0.160. The van der Waals surface area contributed by atoms with Gasteiger partial charge in [-0.15, -0.1) is 0 Å². The minimum Gasteiger partial charge on any atom is -0.493 e. The van der Waals surface area contributed by atoms with E-state index in [1.807, 2.05) is 66.9 Å². The van der Waals surface area contributed by atoms with Crippen LogP contribution in [0.4, 0.5) is 0 Å². The van der Waals surface area contributed by atoms with Crippen LogP contribution < -0.4 is 4.74 Å². The lowest BCUT2D eigenvalue weighted by molar-refractivity contribution is 0.314. The van der Waals surface area contributed by atoms with Crippen molar-refractivity contribution in [3.8, 4) is 5.75 Å². The lowest BCUT2D eigenvalue weighted by Crippen LogP contribution is -2.00. The van der Waals surface area contributed by atoms with Crippen molar-refractivity contribution in [3.05, 3.63) is 95.5 Å². The van der Waals surface area contributed by atoms with E-state index in [4.69, 9.17) is 9.15 Å². The van der Waals surface area contributed by atoms with Gasteiger partial charge in [0.2, 0.25) is 0 Å². The van der Waals surface area contributed by atoms with Crippen molar-refractivity contribution in [1.82, 2.24) is 4.98 Å². The summed E-state index contributed by atoms with van der Waals surface area (Å²) in [5.41, 5.74) is 4.19. The lowest BCUT2D eigenvalue weighted by Gasteiger charge is -2.07. The molecule has 0 saturated heterocycles. The van der Waals surface area contributed by atoms with E-state index < -0.39 is 0 Å². The first kappa shape index (κ1) is 18.1. The molecule has 140 valence electrons. The Morgan fingerprint density at radius 2 is 1.79 bits per heavy atom. The van der Waals surface area contributed by atoms with E-state index in [0.717, 1.165) is 52.1 Å². The first-order valence-electron chi connectivity index (χ1n) is 9.59. The van der Waals surface area contributed by atoms with E-state index in [-0.39, 0.29) is 0 Å². The molecular formula is C25H23NO2. The molecule has 0 atom stereocenters. The quantitative estimate of drug-likeness (QED) is 0.358. The third kappa shape index (κ3) is 4.15. The molecule has 28 heavy (non-hydrogen) atoms. The third-order valence-electron chi connectivity index (χ3n) is 4.74. The van der Waals surface area contributed by atoms with Gasteiger partial charge in [-0.1, -0.05) is 48.5 Å². The SMILES string of the molecule is Cc1c(C=Cc2ccccc2)oc2cccc(OCCCc3ccccn3)c12. The second-order valence-corrected chi connectivity index (χ2v) is 6.74. The van der Waals surface area contributed by atoms with Crippen LogP contribution in [0.15, 0.2) is 77.3 Å². The predicted molar refractivity (Wildman–Crippen MR) is 114 cm³/mol. The van der Waals surface area contributed by atoms with Crippen LogP contribution in [-0.2, 0) is 6.42 Å². The Morgan fingerprint density at radius 1 is 0.929 bits per heavy atom. The highest BCUT2D eigenvalue weighted by atomic mass is 16.5. The molecule has 3 nitrogen and oxygen atoms in total. The number of ether oxygens (including phenoxy) is 1. The highest BCUT2D eigenvalue weighted by molar-refractivity contribution is 5.91. The van der Waals surface area contributed by atoms with Crippen LogP contribution in [0, 0.1) is 6.92 Å². The molecule has 0 aliphatic rings. The summed E-state index contributed by atoms with van der Waals surface area (Å²) < 4.78 is 12.1. The summed E-state index contributed by atoms with van der Waals surface area (Å²) in [5, 5.41) is 1.05. The molecule has 0 spiro atoms. The van der Waals surface area contributed by atoms with Gasteiger partial charge in [-0.3, -0.25) is 4.98 Å². The normalized spacial score (nSPS) is 11.3. The van der Waals surface area contributed by atoms with Gasteiger partial charge in [0.15, 0.2) is 0 Å². The Balaban J connectivity index is 1.48. The fourth-order valence-electron chi connectivity index (χ4n) is 3.28. The van der Waals surface area contributed by atoms with E-state index in [0.29, 0.717) is 6.61 Å². The van der Waals surface area contributed by atoms with Gasteiger partial charge in [0.25, 0.3) is 0 Å². The first-order valence-corrected chi connectivity index (χ1v) is 9.59. The smallest absolute Gasteiger partial charge is 0.138 e. The summed E-state index contributed by atoms with van der Waals surface area (Å²) in [7, 11) is 0. The largest absolute Gasteiger partial charge is 0.493 e. The Kier molecular flexibility index (Phi) is 5.53. The van der Waals surface area contributed by atoms with Gasteiger partial charge in [-0.05, 0) is 55.7 Å². The molecule has 2 heterocycles. The topological polar surface area (TPSA) is 35.3 Å². The summed E-state index contributed by atoms with van der Waals surface area (Å²) in [6.07, 6.45) is 7.75. The molecule has 0 aliphatic heterocycles. The number of nitrogens with zero attached hydrogens (tertiary/aromatic N) is 1. The molecular weight excluding hydrogens is 346 g/mol. The van der Waals surface area contributed by atoms with Crippen molar-refractivity contribution in [2.75, 3.05) is 6.61 Å². The van der Waals surface area contributed by atoms with Gasteiger partial charge in [-0.2, -0.15) is 0 Å². The zero-order chi connectivity index (χ0) is 19.2. The highest BCUT2D eigenvalue weighted by Crippen LogP contribution is 2.34. The van der Waals surface area contributed by atoms with Crippen LogP contribution in [0.3, 0.4) is 0 Å². The Hall–Kier alpha value is -3.33.